The molecule has 6 heteroatoms. The third kappa shape index (κ3) is 8.26. The third-order valence-corrected chi connectivity index (χ3v) is 1.91. The van der Waals surface area contributed by atoms with Crippen molar-refractivity contribution in [2.75, 3.05) is 27.8 Å². The molecule has 0 saturated heterocycles. The van der Waals surface area contributed by atoms with Gasteiger partial charge in [-0.15, -0.1) is 12.4 Å². The van der Waals surface area contributed by atoms with E-state index in [4.69, 9.17) is 4.74 Å². The van der Waals surface area contributed by atoms with Crippen LogP contribution in [0, 0.1) is 0 Å². The minimum atomic E-state index is -0.576. The summed E-state index contributed by atoms with van der Waals surface area (Å²) < 4.78 is 9.21. The summed E-state index contributed by atoms with van der Waals surface area (Å²) in [7, 11) is 5.03. The molecule has 0 aromatic heterocycles. The molecule has 0 radical (unpaired) electrons. The topological polar surface area (TPSA) is 55.8 Å². The van der Waals surface area contributed by atoms with Crippen LogP contribution in [0.4, 0.5) is 0 Å². The van der Waals surface area contributed by atoms with Crippen LogP contribution in [-0.2, 0) is 19.1 Å². The second-order valence-electron chi connectivity index (χ2n) is 3.30. The molecule has 0 spiro atoms. The average molecular weight is 252 g/mol. The molecule has 5 nitrogen and oxygen atoms in total. The van der Waals surface area contributed by atoms with Crippen molar-refractivity contribution in [3.8, 4) is 0 Å². The molecule has 0 aliphatic carbocycles. The molecule has 0 aromatic rings. The van der Waals surface area contributed by atoms with E-state index in [1.807, 2.05) is 25.9 Å². The van der Waals surface area contributed by atoms with Crippen molar-refractivity contribution >= 4 is 24.3 Å². The zero-order chi connectivity index (χ0) is 11.8. The highest BCUT2D eigenvalue weighted by molar-refractivity contribution is 5.91. The number of hydrogen-bond donors (Lipinski definition) is 0. The first-order valence-corrected chi connectivity index (χ1v) is 4.56. The van der Waals surface area contributed by atoms with Gasteiger partial charge in [-0.1, -0.05) is 0 Å². The molecular formula is C10H18ClNO4. The number of methoxy groups -OCH3 is 1. The smallest absolute Gasteiger partial charge is 0.331 e. The van der Waals surface area contributed by atoms with E-state index in [2.05, 4.69) is 4.74 Å². The number of likely N-dealkylation sites (N-methyl/N-ethyl adjacent to an activating group) is 1. The summed E-state index contributed by atoms with van der Waals surface area (Å²) in [5, 5.41) is 0. The fourth-order valence-electron chi connectivity index (χ4n) is 0.604. The van der Waals surface area contributed by atoms with Gasteiger partial charge < -0.3 is 14.4 Å². The number of halogens is 1. The van der Waals surface area contributed by atoms with Gasteiger partial charge in [-0.05, 0) is 21.0 Å². The van der Waals surface area contributed by atoms with Crippen LogP contribution in [0.25, 0.3) is 0 Å². The summed E-state index contributed by atoms with van der Waals surface area (Å²) in [6, 6.07) is 0.139. The molecule has 0 fully saturated rings. The molecule has 0 amide bonds. The second kappa shape index (κ2) is 9.18. The van der Waals surface area contributed by atoms with Gasteiger partial charge >= 0.3 is 11.9 Å². The molecule has 0 rings (SSSR count). The highest BCUT2D eigenvalue weighted by atomic mass is 35.5. The summed E-state index contributed by atoms with van der Waals surface area (Å²) in [4.78, 5) is 23.6. The van der Waals surface area contributed by atoms with E-state index in [1.54, 1.807) is 0 Å². The second-order valence-corrected chi connectivity index (χ2v) is 3.30. The lowest BCUT2D eigenvalue weighted by Gasteiger charge is -2.18. The average Bonchev–Trinajstić information content (AvgIpc) is 2.21. The quantitative estimate of drug-likeness (QED) is 0.530. The number of hydrogen-bond acceptors (Lipinski definition) is 5. The molecule has 0 bridgehead atoms. The van der Waals surface area contributed by atoms with Crippen LogP contribution in [0.3, 0.4) is 0 Å². The first-order chi connectivity index (χ1) is 6.97. The highest BCUT2D eigenvalue weighted by Gasteiger charge is 2.06. The van der Waals surface area contributed by atoms with E-state index < -0.39 is 11.9 Å². The van der Waals surface area contributed by atoms with Gasteiger partial charge in [-0.3, -0.25) is 0 Å². The predicted molar refractivity (Wildman–Crippen MR) is 62.5 cm³/mol. The zero-order valence-electron chi connectivity index (χ0n) is 9.93. The van der Waals surface area contributed by atoms with Crippen molar-refractivity contribution in [3.05, 3.63) is 12.2 Å². The summed E-state index contributed by atoms with van der Waals surface area (Å²) in [6.45, 7) is 2.22. The minimum Gasteiger partial charge on any atom is -0.466 e. The minimum absolute atomic E-state index is 0. The molecule has 94 valence electrons. The Balaban J connectivity index is 0. The standard InChI is InChI=1S/C10H17NO4.ClH/c1-8(11(2)3)7-15-10(13)6-5-9(12)14-4;/h5-6,8H,7H2,1-4H3;1H/b6-5+;. The lowest BCUT2D eigenvalue weighted by Crippen LogP contribution is -2.30. The first kappa shape index (κ1) is 17.3. The van der Waals surface area contributed by atoms with E-state index in [9.17, 15) is 9.59 Å². The molecule has 0 N–H and O–H groups in total. The van der Waals surface area contributed by atoms with E-state index in [0.717, 1.165) is 12.2 Å². The van der Waals surface area contributed by atoms with Crippen LogP contribution in [0.1, 0.15) is 6.92 Å². The van der Waals surface area contributed by atoms with Gasteiger partial charge in [0.2, 0.25) is 0 Å². The third-order valence-electron chi connectivity index (χ3n) is 1.91. The summed E-state index contributed by atoms with van der Waals surface area (Å²) in [5.74, 6) is -1.12. The van der Waals surface area contributed by atoms with Gasteiger partial charge in [0.1, 0.15) is 6.61 Å². The number of carbonyl (C=O) groups excluding carboxylic acids is 2. The summed E-state index contributed by atoms with van der Waals surface area (Å²) in [6.07, 6.45) is 2.08. The Bertz CT molecular complexity index is 253. The number of esters is 2. The monoisotopic (exact) mass is 251 g/mol. The van der Waals surface area contributed by atoms with Gasteiger partial charge in [-0.2, -0.15) is 0 Å². The Morgan fingerprint density at radius 2 is 1.75 bits per heavy atom. The fourth-order valence-corrected chi connectivity index (χ4v) is 0.604. The molecule has 1 unspecified atom stereocenters. The molecule has 16 heavy (non-hydrogen) atoms. The molecule has 0 heterocycles. The number of nitrogens with zero attached hydrogens (tertiary/aromatic N) is 1. The Labute approximate surface area is 102 Å². The largest absolute Gasteiger partial charge is 0.466 e. The van der Waals surface area contributed by atoms with Gasteiger partial charge in [-0.25, -0.2) is 9.59 Å². The molecule has 0 aliphatic rings. The van der Waals surface area contributed by atoms with E-state index in [0.29, 0.717) is 0 Å². The summed E-state index contributed by atoms with van der Waals surface area (Å²) in [5.41, 5.74) is 0. The predicted octanol–water partition coefficient (Wildman–Crippen LogP) is 0.631. The van der Waals surface area contributed by atoms with Crippen LogP contribution in [-0.4, -0.2) is 50.7 Å². The number of carbonyl (C=O) groups is 2. The maximum absolute atomic E-state index is 11.1. The normalized spacial score (nSPS) is 12.1. The van der Waals surface area contributed by atoms with Crippen LogP contribution in [0.15, 0.2) is 12.2 Å². The van der Waals surface area contributed by atoms with Crippen molar-refractivity contribution < 1.29 is 19.1 Å². The van der Waals surface area contributed by atoms with Crippen LogP contribution in [0.2, 0.25) is 0 Å². The Hall–Kier alpha value is -1.07. The van der Waals surface area contributed by atoms with Crippen molar-refractivity contribution in [1.82, 2.24) is 4.90 Å². The van der Waals surface area contributed by atoms with E-state index >= 15 is 0 Å². The molecule has 0 aliphatic heterocycles. The van der Waals surface area contributed by atoms with Crippen molar-refractivity contribution in [2.24, 2.45) is 0 Å². The van der Waals surface area contributed by atoms with Gasteiger partial charge in [0.05, 0.1) is 7.11 Å². The van der Waals surface area contributed by atoms with Gasteiger partial charge in [0, 0.05) is 18.2 Å². The van der Waals surface area contributed by atoms with Crippen molar-refractivity contribution in [3.63, 3.8) is 0 Å². The van der Waals surface area contributed by atoms with Crippen LogP contribution in [0.5, 0.6) is 0 Å². The lowest BCUT2D eigenvalue weighted by atomic mass is 10.3. The van der Waals surface area contributed by atoms with Crippen molar-refractivity contribution in [2.45, 2.75) is 13.0 Å². The zero-order valence-corrected chi connectivity index (χ0v) is 10.7. The SMILES string of the molecule is COC(=O)/C=C/C(=O)OCC(C)N(C)C.Cl. The van der Waals surface area contributed by atoms with Crippen molar-refractivity contribution in [1.29, 1.82) is 0 Å². The molecule has 0 saturated carbocycles. The van der Waals surface area contributed by atoms with E-state index in [1.165, 1.54) is 7.11 Å². The number of ether oxygens (including phenoxy) is 2. The Morgan fingerprint density at radius 3 is 2.19 bits per heavy atom. The molecular weight excluding hydrogens is 234 g/mol. The fraction of sp³-hybridized carbons (Fsp3) is 0.600. The van der Waals surface area contributed by atoms with Crippen LogP contribution >= 0.6 is 12.4 Å². The van der Waals surface area contributed by atoms with Crippen LogP contribution < -0.4 is 0 Å². The maximum Gasteiger partial charge on any atom is 0.331 e. The molecule has 0 aromatic carbocycles. The Kier molecular flexibility index (Phi) is 9.94. The summed E-state index contributed by atoms with van der Waals surface area (Å²) >= 11 is 0. The molecule has 1 atom stereocenters. The van der Waals surface area contributed by atoms with Gasteiger partial charge in [0.25, 0.3) is 0 Å². The maximum atomic E-state index is 11.1. The first-order valence-electron chi connectivity index (χ1n) is 4.56. The lowest BCUT2D eigenvalue weighted by molar-refractivity contribution is -0.140. The number of rotatable bonds is 5. The Morgan fingerprint density at radius 1 is 1.25 bits per heavy atom. The van der Waals surface area contributed by atoms with E-state index in [-0.39, 0.29) is 25.1 Å². The highest BCUT2D eigenvalue weighted by Crippen LogP contribution is 1.93. The van der Waals surface area contributed by atoms with Gasteiger partial charge in [0.15, 0.2) is 0 Å².